The highest BCUT2D eigenvalue weighted by molar-refractivity contribution is 5.46. The smallest absolute Gasteiger partial charge is 0.0713 e. The maximum Gasteiger partial charge on any atom is 0.0713 e. The van der Waals surface area contributed by atoms with Crippen molar-refractivity contribution in [1.29, 1.82) is 0 Å². The standard InChI is InChI=1S/C15H26N2O/c1-4-13-6-8-14(9-7-13)17(3)11-10-15(12-16)18-5-2/h6-9,15H,4-5,10-12,16H2,1-3H3. The molecule has 0 aliphatic rings. The van der Waals surface area contributed by atoms with Gasteiger partial charge < -0.3 is 15.4 Å². The van der Waals surface area contributed by atoms with E-state index in [1.54, 1.807) is 0 Å². The molecule has 0 aromatic heterocycles. The number of aryl methyl sites for hydroxylation is 1. The Bertz CT molecular complexity index is 324. The second-order valence-corrected chi connectivity index (χ2v) is 4.54. The first-order valence-electron chi connectivity index (χ1n) is 6.83. The van der Waals surface area contributed by atoms with Crippen molar-refractivity contribution in [1.82, 2.24) is 0 Å². The summed E-state index contributed by atoms with van der Waals surface area (Å²) in [4.78, 5) is 2.25. The molecular weight excluding hydrogens is 224 g/mol. The van der Waals surface area contributed by atoms with Crippen LogP contribution in [0.25, 0.3) is 0 Å². The number of hydrogen-bond donors (Lipinski definition) is 1. The molecule has 0 aliphatic heterocycles. The molecule has 0 saturated heterocycles. The molecule has 0 saturated carbocycles. The van der Waals surface area contributed by atoms with Crippen LogP contribution in [-0.4, -0.2) is 32.8 Å². The zero-order valence-electron chi connectivity index (χ0n) is 11.9. The summed E-state index contributed by atoms with van der Waals surface area (Å²) in [6.07, 6.45) is 2.23. The lowest BCUT2D eigenvalue weighted by Gasteiger charge is -2.22. The van der Waals surface area contributed by atoms with Gasteiger partial charge in [-0.3, -0.25) is 0 Å². The van der Waals surface area contributed by atoms with Gasteiger partial charge in [0.25, 0.3) is 0 Å². The third-order valence-electron chi connectivity index (χ3n) is 3.24. The molecule has 0 spiro atoms. The van der Waals surface area contributed by atoms with E-state index in [0.29, 0.717) is 6.54 Å². The molecule has 2 N–H and O–H groups in total. The highest BCUT2D eigenvalue weighted by Crippen LogP contribution is 2.15. The van der Waals surface area contributed by atoms with E-state index in [0.717, 1.165) is 26.0 Å². The number of rotatable bonds is 8. The fourth-order valence-electron chi connectivity index (χ4n) is 1.96. The van der Waals surface area contributed by atoms with Crippen molar-refractivity contribution in [3.8, 4) is 0 Å². The lowest BCUT2D eigenvalue weighted by atomic mass is 10.1. The SMILES string of the molecule is CCOC(CN)CCN(C)c1ccc(CC)cc1. The van der Waals surface area contributed by atoms with Crippen LogP contribution in [0.2, 0.25) is 0 Å². The number of benzene rings is 1. The van der Waals surface area contributed by atoms with Crippen LogP contribution in [-0.2, 0) is 11.2 Å². The Morgan fingerprint density at radius 2 is 1.89 bits per heavy atom. The third-order valence-corrected chi connectivity index (χ3v) is 3.24. The molecule has 0 radical (unpaired) electrons. The minimum atomic E-state index is 0.173. The van der Waals surface area contributed by atoms with Crippen molar-refractivity contribution in [2.45, 2.75) is 32.8 Å². The van der Waals surface area contributed by atoms with Crippen molar-refractivity contribution >= 4 is 5.69 Å². The minimum absolute atomic E-state index is 0.173. The first kappa shape index (κ1) is 15.0. The predicted octanol–water partition coefficient (Wildman–Crippen LogP) is 2.44. The summed E-state index contributed by atoms with van der Waals surface area (Å²) in [6.45, 7) is 6.48. The second-order valence-electron chi connectivity index (χ2n) is 4.54. The average molecular weight is 250 g/mol. The lowest BCUT2D eigenvalue weighted by Crippen LogP contribution is -2.29. The lowest BCUT2D eigenvalue weighted by molar-refractivity contribution is 0.0646. The fraction of sp³-hybridized carbons (Fsp3) is 0.600. The summed E-state index contributed by atoms with van der Waals surface area (Å²) in [7, 11) is 2.11. The largest absolute Gasteiger partial charge is 0.377 e. The Morgan fingerprint density at radius 1 is 1.22 bits per heavy atom. The normalized spacial score (nSPS) is 12.4. The monoisotopic (exact) mass is 250 g/mol. The van der Waals surface area contributed by atoms with E-state index in [9.17, 15) is 0 Å². The van der Waals surface area contributed by atoms with E-state index in [1.165, 1.54) is 11.3 Å². The van der Waals surface area contributed by atoms with Crippen LogP contribution in [0.15, 0.2) is 24.3 Å². The molecule has 0 heterocycles. The zero-order chi connectivity index (χ0) is 13.4. The van der Waals surface area contributed by atoms with Gasteiger partial charge in [-0.1, -0.05) is 19.1 Å². The van der Waals surface area contributed by atoms with E-state index < -0.39 is 0 Å². The van der Waals surface area contributed by atoms with E-state index in [4.69, 9.17) is 10.5 Å². The predicted molar refractivity (Wildman–Crippen MR) is 78.2 cm³/mol. The summed E-state index contributed by atoms with van der Waals surface area (Å²) < 4.78 is 5.56. The summed E-state index contributed by atoms with van der Waals surface area (Å²) >= 11 is 0. The first-order valence-corrected chi connectivity index (χ1v) is 6.83. The van der Waals surface area contributed by atoms with Gasteiger partial charge in [-0.2, -0.15) is 0 Å². The van der Waals surface area contributed by atoms with Crippen LogP contribution >= 0.6 is 0 Å². The Hall–Kier alpha value is -1.06. The van der Waals surface area contributed by atoms with Crippen LogP contribution in [0.4, 0.5) is 5.69 Å². The summed E-state index contributed by atoms with van der Waals surface area (Å²) in [5, 5.41) is 0. The molecule has 1 aromatic rings. The van der Waals surface area contributed by atoms with E-state index in [2.05, 4.69) is 43.1 Å². The molecule has 1 unspecified atom stereocenters. The van der Waals surface area contributed by atoms with Crippen LogP contribution in [0.5, 0.6) is 0 Å². The summed E-state index contributed by atoms with van der Waals surface area (Å²) in [5.41, 5.74) is 8.30. The highest BCUT2D eigenvalue weighted by Gasteiger charge is 2.08. The maximum atomic E-state index is 5.68. The fourth-order valence-corrected chi connectivity index (χ4v) is 1.96. The number of anilines is 1. The molecule has 1 rings (SSSR count). The molecular formula is C15H26N2O. The number of ether oxygens (including phenoxy) is 1. The van der Waals surface area contributed by atoms with Gasteiger partial charge in [0.05, 0.1) is 6.10 Å². The zero-order valence-corrected chi connectivity index (χ0v) is 11.9. The molecule has 0 bridgehead atoms. The van der Waals surface area contributed by atoms with Gasteiger partial charge in [-0.05, 0) is 37.5 Å². The van der Waals surface area contributed by atoms with Gasteiger partial charge in [0.1, 0.15) is 0 Å². The Kier molecular flexibility index (Phi) is 6.76. The van der Waals surface area contributed by atoms with Crippen LogP contribution < -0.4 is 10.6 Å². The average Bonchev–Trinajstić information content (AvgIpc) is 2.43. The van der Waals surface area contributed by atoms with Gasteiger partial charge in [0.15, 0.2) is 0 Å². The summed E-state index contributed by atoms with van der Waals surface area (Å²) in [5.74, 6) is 0. The van der Waals surface area contributed by atoms with Crippen molar-refractivity contribution in [2.75, 3.05) is 31.6 Å². The maximum absolute atomic E-state index is 5.68. The van der Waals surface area contributed by atoms with Gasteiger partial charge >= 0.3 is 0 Å². The van der Waals surface area contributed by atoms with Crippen LogP contribution in [0.1, 0.15) is 25.8 Å². The molecule has 1 aromatic carbocycles. The Balaban J connectivity index is 2.45. The number of hydrogen-bond acceptors (Lipinski definition) is 3. The second kappa shape index (κ2) is 8.11. The van der Waals surface area contributed by atoms with Crippen molar-refractivity contribution in [3.05, 3.63) is 29.8 Å². The first-order chi connectivity index (χ1) is 8.71. The van der Waals surface area contributed by atoms with Crippen molar-refractivity contribution in [3.63, 3.8) is 0 Å². The van der Waals surface area contributed by atoms with E-state index in [-0.39, 0.29) is 6.10 Å². The molecule has 3 nitrogen and oxygen atoms in total. The Labute approximate surface area is 111 Å². The quantitative estimate of drug-likeness (QED) is 0.770. The molecule has 0 amide bonds. The highest BCUT2D eigenvalue weighted by atomic mass is 16.5. The van der Waals surface area contributed by atoms with Crippen LogP contribution in [0.3, 0.4) is 0 Å². The van der Waals surface area contributed by atoms with Gasteiger partial charge in [-0.15, -0.1) is 0 Å². The van der Waals surface area contributed by atoms with Crippen molar-refractivity contribution in [2.24, 2.45) is 5.73 Å². The molecule has 18 heavy (non-hydrogen) atoms. The topological polar surface area (TPSA) is 38.5 Å². The molecule has 1 atom stereocenters. The van der Waals surface area contributed by atoms with Crippen molar-refractivity contribution < 1.29 is 4.74 Å². The summed E-state index contributed by atoms with van der Waals surface area (Å²) in [6, 6.07) is 8.73. The van der Waals surface area contributed by atoms with Gasteiger partial charge in [0.2, 0.25) is 0 Å². The van der Waals surface area contributed by atoms with Gasteiger partial charge in [-0.25, -0.2) is 0 Å². The number of nitrogens with zero attached hydrogens (tertiary/aromatic N) is 1. The molecule has 0 fully saturated rings. The molecule has 3 heteroatoms. The van der Waals surface area contributed by atoms with Crippen LogP contribution in [0, 0.1) is 0 Å². The number of nitrogens with two attached hydrogens (primary N) is 1. The van der Waals surface area contributed by atoms with E-state index >= 15 is 0 Å². The van der Waals surface area contributed by atoms with E-state index in [1.807, 2.05) is 6.92 Å². The molecule has 0 aliphatic carbocycles. The third kappa shape index (κ3) is 4.67. The molecule has 102 valence electrons. The minimum Gasteiger partial charge on any atom is -0.377 e. The Morgan fingerprint density at radius 3 is 2.39 bits per heavy atom. The van der Waals surface area contributed by atoms with Gasteiger partial charge in [0, 0.05) is 32.4 Å².